The summed E-state index contributed by atoms with van der Waals surface area (Å²) in [6, 6.07) is 3.80. The third kappa shape index (κ3) is 1.92. The lowest BCUT2D eigenvalue weighted by atomic mass is 10.4. The number of hydrogen-bond acceptors (Lipinski definition) is 2. The van der Waals surface area contributed by atoms with Crippen molar-refractivity contribution in [1.29, 1.82) is 0 Å². The molecule has 54 valence electrons. The standard InChI is InChI=1S/C7H10N2S/c8-7-2-1-3-9(6-7)4-5-10/h1-3,6H,4-5,8H2/p+1. The number of rotatable bonds is 2. The van der Waals surface area contributed by atoms with E-state index in [0.717, 1.165) is 18.0 Å². The molecule has 3 heteroatoms. The predicted molar refractivity (Wildman–Crippen MR) is 44.9 cm³/mol. The Labute approximate surface area is 66.1 Å². The highest BCUT2D eigenvalue weighted by Gasteiger charge is 1.96. The van der Waals surface area contributed by atoms with Gasteiger partial charge in [0.1, 0.15) is 0 Å². The topological polar surface area (TPSA) is 29.9 Å². The lowest BCUT2D eigenvalue weighted by molar-refractivity contribution is -0.691. The maximum Gasteiger partial charge on any atom is 0.191 e. The van der Waals surface area contributed by atoms with Crippen LogP contribution < -0.4 is 10.3 Å². The molecule has 2 N–H and O–H groups in total. The number of anilines is 1. The molecule has 0 radical (unpaired) electrons. The van der Waals surface area contributed by atoms with Crippen LogP contribution in [0.5, 0.6) is 0 Å². The first-order valence-corrected chi connectivity index (χ1v) is 3.81. The molecule has 0 atom stereocenters. The fraction of sp³-hybridized carbons (Fsp3) is 0.286. The Morgan fingerprint density at radius 3 is 3.00 bits per heavy atom. The summed E-state index contributed by atoms with van der Waals surface area (Å²) in [7, 11) is 0. The van der Waals surface area contributed by atoms with Crippen LogP contribution in [-0.2, 0) is 6.54 Å². The van der Waals surface area contributed by atoms with E-state index < -0.39 is 0 Å². The van der Waals surface area contributed by atoms with Gasteiger partial charge in [0.25, 0.3) is 0 Å². The van der Waals surface area contributed by atoms with Gasteiger partial charge in [-0.3, -0.25) is 0 Å². The monoisotopic (exact) mass is 155 g/mol. The van der Waals surface area contributed by atoms with Gasteiger partial charge in [0.2, 0.25) is 0 Å². The molecule has 0 fully saturated rings. The van der Waals surface area contributed by atoms with E-state index in [0.29, 0.717) is 0 Å². The fourth-order valence-corrected chi connectivity index (χ4v) is 1.03. The summed E-state index contributed by atoms with van der Waals surface area (Å²) >= 11 is 4.10. The summed E-state index contributed by atoms with van der Waals surface area (Å²) in [4.78, 5) is 0. The van der Waals surface area contributed by atoms with Gasteiger partial charge in [0.15, 0.2) is 18.9 Å². The van der Waals surface area contributed by atoms with Crippen LogP contribution in [0.4, 0.5) is 5.69 Å². The fourth-order valence-electron chi connectivity index (χ4n) is 0.797. The molecule has 1 heterocycles. The molecular weight excluding hydrogens is 144 g/mol. The number of nitrogens with zero attached hydrogens (tertiary/aromatic N) is 1. The molecule has 0 saturated heterocycles. The minimum atomic E-state index is 0.796. The van der Waals surface area contributed by atoms with Gasteiger partial charge in [0.05, 0.1) is 5.69 Å². The zero-order valence-electron chi connectivity index (χ0n) is 5.70. The van der Waals surface area contributed by atoms with E-state index in [4.69, 9.17) is 5.73 Å². The van der Waals surface area contributed by atoms with Crippen LogP contribution in [0.15, 0.2) is 24.5 Å². The van der Waals surface area contributed by atoms with Gasteiger partial charge < -0.3 is 5.73 Å². The van der Waals surface area contributed by atoms with Crippen molar-refractivity contribution in [2.75, 3.05) is 11.5 Å². The Hall–Kier alpha value is -0.700. The second-order valence-corrected chi connectivity index (χ2v) is 2.55. The van der Waals surface area contributed by atoms with Crippen LogP contribution in [0, 0.1) is 0 Å². The summed E-state index contributed by atoms with van der Waals surface area (Å²) in [6.45, 7) is 0.911. The highest BCUT2D eigenvalue weighted by Crippen LogP contribution is 1.92. The Bertz CT molecular complexity index is 213. The predicted octanol–water partition coefficient (Wildman–Crippen LogP) is 0.486. The van der Waals surface area contributed by atoms with Crippen molar-refractivity contribution in [2.45, 2.75) is 6.54 Å². The summed E-state index contributed by atoms with van der Waals surface area (Å²) in [5, 5.41) is 0. The van der Waals surface area contributed by atoms with E-state index in [-0.39, 0.29) is 0 Å². The number of nitrogen functional groups attached to an aromatic ring is 1. The molecule has 0 bridgehead atoms. The molecular formula is C7H11N2S+. The lowest BCUT2D eigenvalue weighted by Crippen LogP contribution is -2.33. The van der Waals surface area contributed by atoms with E-state index in [1.807, 2.05) is 29.1 Å². The molecule has 0 saturated carbocycles. The molecule has 2 nitrogen and oxygen atoms in total. The first-order valence-electron chi connectivity index (χ1n) is 3.18. The van der Waals surface area contributed by atoms with Crippen molar-refractivity contribution in [2.24, 2.45) is 0 Å². The largest absolute Gasteiger partial charge is 0.394 e. The smallest absolute Gasteiger partial charge is 0.191 e. The normalized spacial score (nSPS) is 9.70. The Morgan fingerprint density at radius 2 is 2.40 bits per heavy atom. The number of pyridine rings is 1. The highest BCUT2D eigenvalue weighted by atomic mass is 32.1. The maximum absolute atomic E-state index is 5.54. The second kappa shape index (κ2) is 3.46. The molecule has 0 aliphatic heterocycles. The SMILES string of the molecule is Nc1ccc[n+](CCS)c1. The van der Waals surface area contributed by atoms with E-state index in [1.54, 1.807) is 0 Å². The molecule has 0 spiro atoms. The zero-order chi connectivity index (χ0) is 7.40. The van der Waals surface area contributed by atoms with E-state index >= 15 is 0 Å². The molecule has 0 unspecified atom stereocenters. The first-order chi connectivity index (χ1) is 4.83. The Balaban J connectivity index is 2.75. The van der Waals surface area contributed by atoms with E-state index in [1.165, 1.54) is 0 Å². The van der Waals surface area contributed by atoms with Gasteiger partial charge >= 0.3 is 0 Å². The summed E-state index contributed by atoms with van der Waals surface area (Å²) in [5.41, 5.74) is 6.34. The van der Waals surface area contributed by atoms with Crippen molar-refractivity contribution < 1.29 is 4.57 Å². The minimum absolute atomic E-state index is 0.796. The number of hydrogen-bond donors (Lipinski definition) is 2. The first kappa shape index (κ1) is 7.41. The van der Waals surface area contributed by atoms with Crippen LogP contribution in [0.3, 0.4) is 0 Å². The van der Waals surface area contributed by atoms with Crippen LogP contribution >= 0.6 is 12.6 Å². The number of aryl methyl sites for hydroxylation is 1. The van der Waals surface area contributed by atoms with Gasteiger partial charge in [-0.25, -0.2) is 4.57 Å². The number of nitrogens with two attached hydrogens (primary N) is 1. The molecule has 0 aliphatic carbocycles. The number of aromatic nitrogens is 1. The summed E-state index contributed by atoms with van der Waals surface area (Å²) in [6.07, 6.45) is 3.88. The third-order valence-electron chi connectivity index (χ3n) is 1.24. The van der Waals surface area contributed by atoms with Crippen molar-refractivity contribution in [3.63, 3.8) is 0 Å². The average molecular weight is 155 g/mol. The third-order valence-corrected chi connectivity index (χ3v) is 1.44. The van der Waals surface area contributed by atoms with E-state index in [9.17, 15) is 0 Å². The maximum atomic E-state index is 5.54. The molecule has 1 rings (SSSR count). The van der Waals surface area contributed by atoms with Crippen molar-refractivity contribution in [3.05, 3.63) is 24.5 Å². The molecule has 1 aromatic heterocycles. The molecule has 1 aromatic rings. The van der Waals surface area contributed by atoms with Crippen molar-refractivity contribution >= 4 is 18.3 Å². The van der Waals surface area contributed by atoms with Crippen LogP contribution in [0.1, 0.15) is 0 Å². The van der Waals surface area contributed by atoms with Crippen molar-refractivity contribution in [1.82, 2.24) is 0 Å². The quantitative estimate of drug-likeness (QED) is 0.472. The van der Waals surface area contributed by atoms with Crippen LogP contribution in [-0.4, -0.2) is 5.75 Å². The van der Waals surface area contributed by atoms with Crippen LogP contribution in [0.25, 0.3) is 0 Å². The Kier molecular flexibility index (Phi) is 2.57. The van der Waals surface area contributed by atoms with Crippen LogP contribution in [0.2, 0.25) is 0 Å². The van der Waals surface area contributed by atoms with E-state index in [2.05, 4.69) is 12.6 Å². The van der Waals surface area contributed by atoms with Gasteiger partial charge in [-0.1, -0.05) is 0 Å². The van der Waals surface area contributed by atoms with Gasteiger partial charge in [-0.2, -0.15) is 12.6 Å². The molecule has 0 amide bonds. The summed E-state index contributed by atoms with van der Waals surface area (Å²) in [5.74, 6) is 0.841. The average Bonchev–Trinajstić information content (AvgIpc) is 1.88. The molecule has 10 heavy (non-hydrogen) atoms. The second-order valence-electron chi connectivity index (χ2n) is 2.10. The molecule has 0 aliphatic rings. The highest BCUT2D eigenvalue weighted by molar-refractivity contribution is 7.80. The lowest BCUT2D eigenvalue weighted by Gasteiger charge is -1.92. The molecule has 0 aromatic carbocycles. The number of thiol groups is 1. The Morgan fingerprint density at radius 1 is 1.60 bits per heavy atom. The van der Waals surface area contributed by atoms with Gasteiger partial charge in [0, 0.05) is 11.8 Å². The van der Waals surface area contributed by atoms with Gasteiger partial charge in [-0.05, 0) is 6.07 Å². The minimum Gasteiger partial charge on any atom is -0.394 e. The van der Waals surface area contributed by atoms with Crippen molar-refractivity contribution in [3.8, 4) is 0 Å². The van der Waals surface area contributed by atoms with Gasteiger partial charge in [-0.15, -0.1) is 0 Å². The zero-order valence-corrected chi connectivity index (χ0v) is 6.59. The summed E-state index contributed by atoms with van der Waals surface area (Å²) < 4.78 is 2.02.